The van der Waals surface area contributed by atoms with E-state index < -0.39 is 21.8 Å². The molecule has 1 fully saturated rings. The number of rotatable bonds is 5. The van der Waals surface area contributed by atoms with Crippen LogP contribution >= 0.6 is 0 Å². The van der Waals surface area contributed by atoms with E-state index in [0.717, 1.165) is 0 Å². The van der Waals surface area contributed by atoms with Gasteiger partial charge in [-0.2, -0.15) is 0 Å². The van der Waals surface area contributed by atoms with Gasteiger partial charge in [0.05, 0.1) is 24.6 Å². The first-order valence-corrected chi connectivity index (χ1v) is 10.1. The Morgan fingerprint density at radius 1 is 1.15 bits per heavy atom. The monoisotopic (exact) mass is 383 g/mol. The van der Waals surface area contributed by atoms with Crippen molar-refractivity contribution in [1.29, 1.82) is 0 Å². The lowest BCUT2D eigenvalue weighted by atomic mass is 10.2. The van der Waals surface area contributed by atoms with Crippen LogP contribution in [0.4, 0.5) is 4.79 Å². The van der Waals surface area contributed by atoms with Gasteiger partial charge in [0.1, 0.15) is 6.61 Å². The molecule has 0 unspecified atom stereocenters. The molecule has 0 aliphatic carbocycles. The Kier molecular flexibility index (Phi) is 5.50. The number of para-hydroxylation sites is 2. The molecule has 2 atom stereocenters. The zero-order chi connectivity index (χ0) is 18.6. The molecule has 1 saturated heterocycles. The maximum atomic E-state index is 11.8. The van der Waals surface area contributed by atoms with Crippen LogP contribution in [0.5, 0.6) is 11.5 Å². The largest absolute Gasteiger partial charge is 0.486 e. The van der Waals surface area contributed by atoms with Crippen LogP contribution in [0.3, 0.4) is 0 Å². The fourth-order valence-corrected chi connectivity index (χ4v) is 4.45. The molecule has 2 aliphatic rings. The highest BCUT2D eigenvalue weighted by Crippen LogP contribution is 2.30. The molecule has 0 radical (unpaired) electrons. The van der Waals surface area contributed by atoms with Crippen LogP contribution in [0, 0.1) is 0 Å². The SMILES string of the molecule is O=C(CNC(=O)NC[C@@H]1COc2ccccc2O1)N[C@@H]1CCS(=O)(=O)C1. The maximum Gasteiger partial charge on any atom is 0.315 e. The maximum absolute atomic E-state index is 11.8. The van der Waals surface area contributed by atoms with Crippen LogP contribution in [-0.4, -0.2) is 63.7 Å². The topological polar surface area (TPSA) is 123 Å². The smallest absolute Gasteiger partial charge is 0.315 e. The zero-order valence-corrected chi connectivity index (χ0v) is 14.9. The molecule has 0 saturated carbocycles. The average molecular weight is 383 g/mol. The molecule has 1 aromatic carbocycles. The summed E-state index contributed by atoms with van der Waals surface area (Å²) in [5.74, 6) is 0.897. The summed E-state index contributed by atoms with van der Waals surface area (Å²) in [5.41, 5.74) is 0. The predicted molar refractivity (Wildman–Crippen MR) is 93.0 cm³/mol. The number of sulfone groups is 1. The third kappa shape index (κ3) is 5.01. The molecule has 2 aliphatic heterocycles. The lowest BCUT2D eigenvalue weighted by molar-refractivity contribution is -0.120. The molecule has 0 spiro atoms. The highest BCUT2D eigenvalue weighted by Gasteiger charge is 2.28. The minimum atomic E-state index is -3.05. The Morgan fingerprint density at radius 3 is 2.65 bits per heavy atom. The zero-order valence-electron chi connectivity index (χ0n) is 14.1. The number of carbonyl (C=O) groups is 2. The molecule has 2 heterocycles. The van der Waals surface area contributed by atoms with E-state index in [1.807, 2.05) is 12.1 Å². The molecule has 3 N–H and O–H groups in total. The minimum Gasteiger partial charge on any atom is -0.486 e. The summed E-state index contributed by atoms with van der Waals surface area (Å²) in [6.07, 6.45) is 0.0778. The van der Waals surface area contributed by atoms with E-state index in [4.69, 9.17) is 9.47 Å². The van der Waals surface area contributed by atoms with Gasteiger partial charge in [0, 0.05) is 6.04 Å². The van der Waals surface area contributed by atoms with Gasteiger partial charge in [-0.25, -0.2) is 13.2 Å². The molecule has 9 nitrogen and oxygen atoms in total. The number of hydrogen-bond donors (Lipinski definition) is 3. The molecule has 142 valence electrons. The normalized spacial score (nSPS) is 23.1. The molecule has 1 aromatic rings. The third-order valence-corrected chi connectivity index (χ3v) is 5.83. The van der Waals surface area contributed by atoms with Gasteiger partial charge in [0.15, 0.2) is 27.4 Å². The molecule has 10 heteroatoms. The molecular weight excluding hydrogens is 362 g/mol. The van der Waals surface area contributed by atoms with Crippen molar-refractivity contribution in [2.45, 2.75) is 18.6 Å². The fraction of sp³-hybridized carbons (Fsp3) is 0.500. The first kappa shape index (κ1) is 18.3. The van der Waals surface area contributed by atoms with Crippen molar-refractivity contribution in [1.82, 2.24) is 16.0 Å². The lowest BCUT2D eigenvalue weighted by Gasteiger charge is -2.26. The number of benzene rings is 1. The van der Waals surface area contributed by atoms with Crippen molar-refractivity contribution in [3.8, 4) is 11.5 Å². The second-order valence-electron chi connectivity index (χ2n) is 6.23. The molecule has 26 heavy (non-hydrogen) atoms. The van der Waals surface area contributed by atoms with Gasteiger partial charge in [-0.15, -0.1) is 0 Å². The quantitative estimate of drug-likeness (QED) is 0.626. The molecule has 3 amide bonds. The van der Waals surface area contributed by atoms with Crippen molar-refractivity contribution in [3.05, 3.63) is 24.3 Å². The Morgan fingerprint density at radius 2 is 1.92 bits per heavy atom. The fourth-order valence-electron chi connectivity index (χ4n) is 2.78. The lowest BCUT2D eigenvalue weighted by Crippen LogP contribution is -2.48. The van der Waals surface area contributed by atoms with Crippen LogP contribution in [0.1, 0.15) is 6.42 Å². The van der Waals surface area contributed by atoms with Gasteiger partial charge in [0.2, 0.25) is 5.91 Å². The predicted octanol–water partition coefficient (Wildman–Crippen LogP) is -0.571. The van der Waals surface area contributed by atoms with Gasteiger partial charge in [0.25, 0.3) is 0 Å². The van der Waals surface area contributed by atoms with Crippen molar-refractivity contribution in [3.63, 3.8) is 0 Å². The number of urea groups is 1. The Bertz CT molecular complexity index is 782. The summed E-state index contributed by atoms with van der Waals surface area (Å²) < 4.78 is 34.0. The van der Waals surface area contributed by atoms with Crippen molar-refractivity contribution >= 4 is 21.8 Å². The molecule has 3 rings (SSSR count). The summed E-state index contributed by atoms with van der Waals surface area (Å²) in [6, 6.07) is 6.38. The van der Waals surface area contributed by atoms with Crippen LogP contribution in [0.2, 0.25) is 0 Å². The second kappa shape index (κ2) is 7.81. The van der Waals surface area contributed by atoms with E-state index in [1.54, 1.807) is 12.1 Å². The van der Waals surface area contributed by atoms with Crippen molar-refractivity contribution in [2.75, 3.05) is 31.2 Å². The van der Waals surface area contributed by atoms with Crippen molar-refractivity contribution < 1.29 is 27.5 Å². The Hall–Kier alpha value is -2.49. The van der Waals surface area contributed by atoms with Gasteiger partial charge in [-0.1, -0.05) is 12.1 Å². The number of nitrogens with one attached hydrogen (secondary N) is 3. The number of ether oxygens (including phenoxy) is 2. The van der Waals surface area contributed by atoms with E-state index >= 15 is 0 Å². The van der Waals surface area contributed by atoms with Crippen LogP contribution < -0.4 is 25.4 Å². The van der Waals surface area contributed by atoms with E-state index in [0.29, 0.717) is 24.5 Å². The van der Waals surface area contributed by atoms with E-state index in [-0.39, 0.29) is 36.7 Å². The van der Waals surface area contributed by atoms with Gasteiger partial charge >= 0.3 is 6.03 Å². The number of amides is 3. The number of fused-ring (bicyclic) bond motifs is 1. The summed E-state index contributed by atoms with van der Waals surface area (Å²) in [7, 11) is -3.05. The third-order valence-electron chi connectivity index (χ3n) is 4.06. The summed E-state index contributed by atoms with van der Waals surface area (Å²) in [4.78, 5) is 23.5. The Labute approximate surface area is 151 Å². The standard InChI is InChI=1S/C16H21N3O6S/c20-15(19-11-5-6-26(22,23)10-11)8-18-16(21)17-7-12-9-24-13-3-1-2-4-14(13)25-12/h1-4,11-12H,5-10H2,(H,19,20)(H2,17,18,21)/t11-,12-/m1/s1. The van der Waals surface area contributed by atoms with E-state index in [9.17, 15) is 18.0 Å². The number of carbonyl (C=O) groups excluding carboxylic acids is 2. The minimum absolute atomic E-state index is 0.0502. The number of hydrogen-bond acceptors (Lipinski definition) is 6. The van der Waals surface area contributed by atoms with Crippen LogP contribution in [0.15, 0.2) is 24.3 Å². The van der Waals surface area contributed by atoms with Gasteiger partial charge in [-0.3, -0.25) is 4.79 Å². The Balaban J connectivity index is 1.34. The second-order valence-corrected chi connectivity index (χ2v) is 8.46. The van der Waals surface area contributed by atoms with Crippen LogP contribution in [0.25, 0.3) is 0 Å². The molecule has 0 bridgehead atoms. The highest BCUT2D eigenvalue weighted by molar-refractivity contribution is 7.91. The summed E-state index contributed by atoms with van der Waals surface area (Å²) in [6.45, 7) is 0.309. The molecule has 0 aromatic heterocycles. The van der Waals surface area contributed by atoms with Gasteiger partial charge < -0.3 is 25.4 Å². The average Bonchev–Trinajstić information content (AvgIpc) is 2.96. The van der Waals surface area contributed by atoms with Crippen LogP contribution in [-0.2, 0) is 14.6 Å². The first-order valence-electron chi connectivity index (χ1n) is 8.31. The van der Waals surface area contributed by atoms with Crippen molar-refractivity contribution in [2.24, 2.45) is 0 Å². The summed E-state index contributed by atoms with van der Waals surface area (Å²) in [5, 5.41) is 7.64. The van der Waals surface area contributed by atoms with Gasteiger partial charge in [-0.05, 0) is 18.6 Å². The van der Waals surface area contributed by atoms with E-state index in [2.05, 4.69) is 16.0 Å². The highest BCUT2D eigenvalue weighted by atomic mass is 32.2. The van der Waals surface area contributed by atoms with E-state index in [1.165, 1.54) is 0 Å². The molecular formula is C16H21N3O6S. The summed E-state index contributed by atoms with van der Waals surface area (Å²) >= 11 is 0. The first-order chi connectivity index (χ1) is 12.4.